The van der Waals surface area contributed by atoms with E-state index in [1.807, 2.05) is 37.3 Å². The fourth-order valence-electron chi connectivity index (χ4n) is 3.16. The lowest BCUT2D eigenvalue weighted by Crippen LogP contribution is -2.02. The molecule has 0 unspecified atom stereocenters. The lowest BCUT2D eigenvalue weighted by atomic mass is 10.0. The minimum absolute atomic E-state index is 0.00737. The normalized spacial score (nSPS) is 10.3. The van der Waals surface area contributed by atoms with Crippen molar-refractivity contribution in [2.24, 2.45) is 0 Å². The van der Waals surface area contributed by atoms with Gasteiger partial charge in [-0.25, -0.2) is 0 Å². The zero-order valence-corrected chi connectivity index (χ0v) is 17.0. The van der Waals surface area contributed by atoms with Crippen molar-refractivity contribution in [2.45, 2.75) is 33.3 Å². The molecule has 0 spiro atoms. The highest BCUT2D eigenvalue weighted by molar-refractivity contribution is 5.97. The number of nitriles is 1. The summed E-state index contributed by atoms with van der Waals surface area (Å²) >= 11 is 0. The number of hydrogen-bond acceptors (Lipinski definition) is 5. The Morgan fingerprint density at radius 1 is 1.07 bits per heavy atom. The summed E-state index contributed by atoms with van der Waals surface area (Å²) in [6, 6.07) is 19.9. The molecule has 0 saturated heterocycles. The van der Waals surface area contributed by atoms with Crippen LogP contribution in [0, 0.1) is 11.3 Å². The summed E-state index contributed by atoms with van der Waals surface area (Å²) in [5.41, 5.74) is 2.28. The molecular formula is C25H23NO4. The fraction of sp³-hybridized carbons (Fsp3) is 0.200. The van der Waals surface area contributed by atoms with E-state index in [0.717, 1.165) is 12.0 Å². The second-order valence-electron chi connectivity index (χ2n) is 6.89. The molecule has 0 radical (unpaired) electrons. The van der Waals surface area contributed by atoms with Gasteiger partial charge in [0.15, 0.2) is 5.78 Å². The van der Waals surface area contributed by atoms with Gasteiger partial charge in [0.1, 0.15) is 35.7 Å². The zero-order valence-electron chi connectivity index (χ0n) is 17.0. The van der Waals surface area contributed by atoms with Crippen LogP contribution in [0.1, 0.15) is 47.3 Å². The van der Waals surface area contributed by atoms with E-state index < -0.39 is 0 Å². The van der Waals surface area contributed by atoms with E-state index in [9.17, 15) is 15.2 Å². The van der Waals surface area contributed by atoms with Crippen LogP contribution >= 0.6 is 0 Å². The highest BCUT2D eigenvalue weighted by Gasteiger charge is 2.16. The van der Waals surface area contributed by atoms with Crippen molar-refractivity contribution >= 4 is 5.78 Å². The first kappa shape index (κ1) is 20.9. The highest BCUT2D eigenvalue weighted by Crippen LogP contribution is 2.33. The molecule has 5 heteroatoms. The van der Waals surface area contributed by atoms with Crippen LogP contribution in [-0.2, 0) is 13.0 Å². The van der Waals surface area contributed by atoms with E-state index in [-0.39, 0.29) is 18.1 Å². The van der Waals surface area contributed by atoms with Gasteiger partial charge in [0.05, 0.1) is 11.1 Å². The van der Waals surface area contributed by atoms with Gasteiger partial charge in [-0.1, -0.05) is 37.6 Å². The minimum atomic E-state index is -0.182. The third-order valence-electron chi connectivity index (χ3n) is 4.65. The average molecular weight is 401 g/mol. The number of ketones is 1. The molecule has 0 aliphatic heterocycles. The number of ether oxygens (including phenoxy) is 2. The van der Waals surface area contributed by atoms with Crippen molar-refractivity contribution in [1.29, 1.82) is 5.26 Å². The maximum atomic E-state index is 11.7. The maximum Gasteiger partial charge on any atom is 0.163 e. The van der Waals surface area contributed by atoms with Crippen molar-refractivity contribution in [2.75, 3.05) is 0 Å². The molecule has 0 aromatic heterocycles. The van der Waals surface area contributed by atoms with E-state index in [0.29, 0.717) is 40.4 Å². The molecule has 0 aliphatic rings. The number of carbonyl (C=O) groups is 1. The first-order valence-electron chi connectivity index (χ1n) is 9.78. The molecule has 152 valence electrons. The van der Waals surface area contributed by atoms with Crippen LogP contribution < -0.4 is 9.47 Å². The molecule has 3 aromatic rings. The van der Waals surface area contributed by atoms with Crippen molar-refractivity contribution in [3.05, 3.63) is 82.9 Å². The van der Waals surface area contributed by atoms with Gasteiger partial charge in [0, 0.05) is 5.56 Å². The van der Waals surface area contributed by atoms with E-state index in [1.54, 1.807) is 30.3 Å². The van der Waals surface area contributed by atoms with Crippen LogP contribution in [0.25, 0.3) is 0 Å². The number of hydrogen-bond donors (Lipinski definition) is 1. The van der Waals surface area contributed by atoms with Crippen molar-refractivity contribution < 1.29 is 19.4 Å². The molecule has 0 aliphatic carbocycles. The molecule has 0 saturated carbocycles. The summed E-state index contributed by atoms with van der Waals surface area (Å²) in [5.74, 6) is 1.46. The number of phenolic OH excluding ortho intramolecular Hbond substituents is 1. The topological polar surface area (TPSA) is 79.5 Å². The molecule has 0 heterocycles. The standard InChI is InChI=1S/C25H23NO4/c1-3-7-22-24(13-12-21(17(2)27)25(22)28)29-16-18-8-6-10-20(14-18)30-23-11-5-4-9-19(23)15-26/h4-6,8-14,28H,3,7,16H2,1-2H3. The number of phenols is 1. The van der Waals surface area contributed by atoms with E-state index >= 15 is 0 Å². The van der Waals surface area contributed by atoms with Gasteiger partial charge in [-0.3, -0.25) is 4.79 Å². The monoisotopic (exact) mass is 401 g/mol. The van der Waals surface area contributed by atoms with Crippen LogP contribution in [0.15, 0.2) is 60.7 Å². The summed E-state index contributed by atoms with van der Waals surface area (Å²) in [4.78, 5) is 11.7. The smallest absolute Gasteiger partial charge is 0.163 e. The van der Waals surface area contributed by atoms with E-state index in [2.05, 4.69) is 6.07 Å². The molecule has 0 atom stereocenters. The summed E-state index contributed by atoms with van der Waals surface area (Å²) in [5, 5.41) is 19.7. The number of Topliss-reactive ketones (excluding diaryl/α,β-unsaturated/α-hetero) is 1. The number of benzene rings is 3. The SMILES string of the molecule is CCCc1c(OCc2cccc(Oc3ccccc3C#N)c2)ccc(C(C)=O)c1O. The van der Waals surface area contributed by atoms with Gasteiger partial charge in [-0.2, -0.15) is 5.26 Å². The Hall–Kier alpha value is -3.78. The third-order valence-corrected chi connectivity index (χ3v) is 4.65. The van der Waals surface area contributed by atoms with Crippen molar-refractivity contribution in [3.8, 4) is 29.1 Å². The maximum absolute atomic E-state index is 11.7. The Kier molecular flexibility index (Phi) is 6.71. The van der Waals surface area contributed by atoms with Crippen LogP contribution in [0.4, 0.5) is 0 Å². The van der Waals surface area contributed by atoms with Gasteiger partial charge >= 0.3 is 0 Å². The zero-order chi connectivity index (χ0) is 21.5. The quantitative estimate of drug-likeness (QED) is 0.483. The summed E-state index contributed by atoms with van der Waals surface area (Å²) in [7, 11) is 0. The molecule has 1 N–H and O–H groups in total. The Labute approximate surface area is 176 Å². The first-order chi connectivity index (χ1) is 14.5. The van der Waals surface area contributed by atoms with Gasteiger partial charge in [0.25, 0.3) is 0 Å². The second-order valence-corrected chi connectivity index (χ2v) is 6.89. The van der Waals surface area contributed by atoms with Gasteiger partial charge in [-0.15, -0.1) is 0 Å². The van der Waals surface area contributed by atoms with Gasteiger partial charge in [-0.05, 0) is 55.3 Å². The Morgan fingerprint density at radius 2 is 1.87 bits per heavy atom. The van der Waals surface area contributed by atoms with Crippen LogP contribution in [0.3, 0.4) is 0 Å². The number of aromatic hydroxyl groups is 1. The average Bonchev–Trinajstić information content (AvgIpc) is 2.74. The number of carbonyl (C=O) groups excluding carboxylic acids is 1. The highest BCUT2D eigenvalue weighted by atomic mass is 16.5. The number of rotatable bonds is 8. The van der Waals surface area contributed by atoms with Crippen molar-refractivity contribution in [1.82, 2.24) is 0 Å². The second kappa shape index (κ2) is 9.62. The molecule has 0 bridgehead atoms. The molecule has 3 rings (SSSR count). The number of para-hydroxylation sites is 1. The van der Waals surface area contributed by atoms with Crippen LogP contribution in [0.2, 0.25) is 0 Å². The van der Waals surface area contributed by atoms with Gasteiger partial charge < -0.3 is 14.6 Å². The van der Waals surface area contributed by atoms with Crippen molar-refractivity contribution in [3.63, 3.8) is 0 Å². The molecule has 3 aromatic carbocycles. The summed E-state index contributed by atoms with van der Waals surface area (Å²) in [6.07, 6.45) is 1.42. The molecule has 30 heavy (non-hydrogen) atoms. The predicted octanol–water partition coefficient (Wildman–Crippen LogP) is 5.79. The molecular weight excluding hydrogens is 378 g/mol. The lowest BCUT2D eigenvalue weighted by Gasteiger charge is -2.15. The Bertz CT molecular complexity index is 1100. The minimum Gasteiger partial charge on any atom is -0.507 e. The van der Waals surface area contributed by atoms with E-state index in [1.165, 1.54) is 6.92 Å². The first-order valence-corrected chi connectivity index (χ1v) is 9.78. The van der Waals surface area contributed by atoms with Crippen LogP contribution in [-0.4, -0.2) is 10.9 Å². The summed E-state index contributed by atoms with van der Waals surface area (Å²) < 4.78 is 11.8. The Morgan fingerprint density at radius 3 is 2.60 bits per heavy atom. The summed E-state index contributed by atoms with van der Waals surface area (Å²) in [6.45, 7) is 3.71. The number of nitrogens with zero attached hydrogens (tertiary/aromatic N) is 1. The lowest BCUT2D eigenvalue weighted by molar-refractivity contribution is 0.101. The van der Waals surface area contributed by atoms with Crippen LogP contribution in [0.5, 0.6) is 23.0 Å². The Balaban J connectivity index is 1.78. The van der Waals surface area contributed by atoms with Gasteiger partial charge in [0.2, 0.25) is 0 Å². The fourth-order valence-corrected chi connectivity index (χ4v) is 3.16. The largest absolute Gasteiger partial charge is 0.507 e. The predicted molar refractivity (Wildman–Crippen MR) is 114 cm³/mol. The molecule has 5 nitrogen and oxygen atoms in total. The third kappa shape index (κ3) is 4.79. The molecule has 0 amide bonds. The van der Waals surface area contributed by atoms with E-state index in [4.69, 9.17) is 9.47 Å². The molecule has 0 fully saturated rings.